The lowest BCUT2D eigenvalue weighted by Gasteiger charge is -2.19. The maximum absolute atomic E-state index is 11.9. The van der Waals surface area contributed by atoms with Crippen molar-refractivity contribution in [3.05, 3.63) is 42.0 Å². The number of phosphoric acid groups is 1. The molecule has 0 bridgehead atoms. The minimum Gasteiger partial charge on any atom is -0.496 e. The first-order valence-electron chi connectivity index (χ1n) is 8.71. The normalized spacial score (nSPS) is 26.8. The summed E-state index contributed by atoms with van der Waals surface area (Å²) in [6.45, 7) is -0.686. The first-order valence-corrected chi connectivity index (χ1v) is 12.5. The van der Waals surface area contributed by atoms with Crippen molar-refractivity contribution < 1.29 is 57.0 Å². The van der Waals surface area contributed by atoms with Gasteiger partial charge in [-0.2, -0.15) is 0 Å². The number of benzene rings is 2. The standard InChI is InChI=1S/C16H21O12P3/c1-24-12-7-10-5-3-2-4-9(10)6-11(12)16-15(18)14(17)13(26-16)8-25-31(22,23)28-30(21)27-29(19)20/h2-7,13-21H,8H2,1H3,(H,22,23). The fraction of sp³-hybridized carbons (Fsp3) is 0.375. The third-order valence-corrected chi connectivity index (χ3v) is 7.49. The molecule has 6 N–H and O–H groups in total. The van der Waals surface area contributed by atoms with Crippen LogP contribution in [-0.4, -0.2) is 61.8 Å². The summed E-state index contributed by atoms with van der Waals surface area (Å²) in [4.78, 5) is 36.1. The van der Waals surface area contributed by atoms with Crippen molar-refractivity contribution in [2.75, 3.05) is 13.7 Å². The molecule has 1 aliphatic rings. The Morgan fingerprint density at radius 1 is 1.10 bits per heavy atom. The summed E-state index contributed by atoms with van der Waals surface area (Å²) in [5, 5.41) is 22.6. The van der Waals surface area contributed by atoms with E-state index in [9.17, 15) is 24.6 Å². The van der Waals surface area contributed by atoms with Crippen molar-refractivity contribution >= 4 is 35.8 Å². The van der Waals surface area contributed by atoms with Crippen molar-refractivity contribution in [1.82, 2.24) is 0 Å². The molecule has 1 aliphatic heterocycles. The van der Waals surface area contributed by atoms with Crippen LogP contribution in [-0.2, 0) is 22.4 Å². The second-order valence-corrected chi connectivity index (χ2v) is 9.92. The van der Waals surface area contributed by atoms with E-state index >= 15 is 0 Å². The monoisotopic (exact) mass is 498 g/mol. The second-order valence-electron chi connectivity index (χ2n) is 6.44. The molecule has 3 rings (SSSR count). The van der Waals surface area contributed by atoms with Gasteiger partial charge < -0.3 is 39.3 Å². The molecule has 1 fully saturated rings. The van der Waals surface area contributed by atoms with E-state index in [0.29, 0.717) is 11.3 Å². The van der Waals surface area contributed by atoms with E-state index in [2.05, 4.69) is 13.1 Å². The van der Waals surface area contributed by atoms with E-state index in [-0.39, 0.29) is 0 Å². The number of phosphoric ester groups is 1. The van der Waals surface area contributed by atoms with Crippen molar-refractivity contribution in [1.29, 1.82) is 0 Å². The van der Waals surface area contributed by atoms with Crippen molar-refractivity contribution in [3.8, 4) is 5.75 Å². The van der Waals surface area contributed by atoms with Gasteiger partial charge in [0.1, 0.15) is 30.2 Å². The van der Waals surface area contributed by atoms with Crippen LogP contribution in [0.25, 0.3) is 10.8 Å². The van der Waals surface area contributed by atoms with Crippen LogP contribution in [0.3, 0.4) is 0 Å². The van der Waals surface area contributed by atoms with Crippen LogP contribution < -0.4 is 4.74 Å². The Kier molecular flexibility index (Phi) is 8.34. The van der Waals surface area contributed by atoms with Crippen LogP contribution in [0.15, 0.2) is 36.4 Å². The molecule has 172 valence electrons. The minimum atomic E-state index is -4.90. The highest BCUT2D eigenvalue weighted by molar-refractivity contribution is 7.62. The summed E-state index contributed by atoms with van der Waals surface area (Å²) < 4.78 is 35.9. The minimum absolute atomic E-state index is 0.417. The maximum atomic E-state index is 11.9. The van der Waals surface area contributed by atoms with Gasteiger partial charge in [0.25, 0.3) is 0 Å². The molecule has 1 saturated heterocycles. The zero-order valence-corrected chi connectivity index (χ0v) is 18.6. The summed E-state index contributed by atoms with van der Waals surface area (Å²) >= 11 is 0. The molecule has 15 heteroatoms. The Hall–Kier alpha value is -0.810. The van der Waals surface area contributed by atoms with Crippen LogP contribution in [0.5, 0.6) is 5.75 Å². The van der Waals surface area contributed by atoms with Crippen molar-refractivity contribution in [2.24, 2.45) is 0 Å². The van der Waals surface area contributed by atoms with Gasteiger partial charge in [0.2, 0.25) is 0 Å². The van der Waals surface area contributed by atoms with Gasteiger partial charge in [0.15, 0.2) is 0 Å². The van der Waals surface area contributed by atoms with Gasteiger partial charge in [-0.25, -0.2) is 13.2 Å². The second kappa shape index (κ2) is 10.4. The van der Waals surface area contributed by atoms with Gasteiger partial charge in [-0.1, -0.05) is 24.3 Å². The Morgan fingerprint density at radius 2 is 1.74 bits per heavy atom. The molecule has 2 aromatic rings. The molecular formula is C16H21O12P3. The van der Waals surface area contributed by atoms with Crippen LogP contribution in [0.4, 0.5) is 0 Å². The molecule has 6 unspecified atom stereocenters. The first kappa shape index (κ1) is 24.8. The van der Waals surface area contributed by atoms with Gasteiger partial charge in [-0.05, 0) is 22.9 Å². The Morgan fingerprint density at radius 3 is 2.35 bits per heavy atom. The number of rotatable bonds is 9. The van der Waals surface area contributed by atoms with Crippen molar-refractivity contribution in [2.45, 2.75) is 24.4 Å². The third kappa shape index (κ3) is 6.16. The topological polar surface area (TPSA) is 185 Å². The number of aliphatic hydroxyl groups excluding tert-OH is 2. The lowest BCUT2D eigenvalue weighted by atomic mass is 9.97. The molecule has 1 heterocycles. The van der Waals surface area contributed by atoms with Crippen LogP contribution in [0.1, 0.15) is 11.7 Å². The number of hydrogen-bond acceptors (Lipinski definition) is 11. The molecule has 0 radical (unpaired) electrons. The molecule has 2 aromatic carbocycles. The average molecular weight is 498 g/mol. The average Bonchev–Trinajstić information content (AvgIpc) is 2.98. The first-order chi connectivity index (χ1) is 14.6. The molecule has 0 spiro atoms. The largest absolute Gasteiger partial charge is 0.496 e. The fourth-order valence-electron chi connectivity index (χ4n) is 3.14. The van der Waals surface area contributed by atoms with E-state index in [1.165, 1.54) is 7.11 Å². The molecular weight excluding hydrogens is 477 g/mol. The predicted octanol–water partition coefficient (Wildman–Crippen LogP) is 1.59. The zero-order valence-electron chi connectivity index (χ0n) is 16.0. The molecule has 0 saturated carbocycles. The summed E-state index contributed by atoms with van der Waals surface area (Å²) in [5.74, 6) is 0.417. The fourth-order valence-corrected chi connectivity index (χ4v) is 5.25. The zero-order chi connectivity index (χ0) is 22.8. The van der Waals surface area contributed by atoms with E-state index < -0.39 is 56.1 Å². The van der Waals surface area contributed by atoms with Gasteiger partial charge >= 0.3 is 25.0 Å². The summed E-state index contributed by atoms with van der Waals surface area (Å²) in [6, 6.07) is 10.9. The maximum Gasteiger partial charge on any atom is 0.479 e. The van der Waals surface area contributed by atoms with E-state index in [1.807, 2.05) is 24.3 Å². The number of aliphatic hydroxyl groups is 2. The lowest BCUT2D eigenvalue weighted by molar-refractivity contribution is -0.0224. The van der Waals surface area contributed by atoms with E-state index in [4.69, 9.17) is 19.3 Å². The Labute approximate surface area is 179 Å². The van der Waals surface area contributed by atoms with Gasteiger partial charge in [-0.3, -0.25) is 4.52 Å². The number of ether oxygens (including phenoxy) is 2. The summed E-state index contributed by atoms with van der Waals surface area (Å²) in [6.07, 6.45) is -5.12. The summed E-state index contributed by atoms with van der Waals surface area (Å²) in [7, 11) is -9.56. The predicted molar refractivity (Wildman–Crippen MR) is 109 cm³/mol. The van der Waals surface area contributed by atoms with Gasteiger partial charge in [-0.15, -0.1) is 0 Å². The quantitative estimate of drug-likeness (QED) is 0.275. The third-order valence-electron chi connectivity index (χ3n) is 4.48. The van der Waals surface area contributed by atoms with Gasteiger partial charge in [0, 0.05) is 5.56 Å². The Bertz CT molecular complexity index is 943. The molecule has 12 nitrogen and oxygen atoms in total. The number of methoxy groups -OCH3 is 1. The lowest BCUT2D eigenvalue weighted by Crippen LogP contribution is -2.33. The highest BCUT2D eigenvalue weighted by Crippen LogP contribution is 2.59. The molecule has 0 amide bonds. The molecule has 0 aliphatic carbocycles. The summed E-state index contributed by atoms with van der Waals surface area (Å²) in [5.41, 5.74) is 0.463. The molecule has 6 atom stereocenters. The smallest absolute Gasteiger partial charge is 0.479 e. The van der Waals surface area contributed by atoms with E-state index in [0.717, 1.165) is 10.8 Å². The van der Waals surface area contributed by atoms with Crippen LogP contribution in [0.2, 0.25) is 0 Å². The van der Waals surface area contributed by atoms with Crippen LogP contribution >= 0.6 is 25.0 Å². The van der Waals surface area contributed by atoms with Gasteiger partial charge in [0.05, 0.1) is 13.7 Å². The Balaban J connectivity index is 1.72. The highest BCUT2D eigenvalue weighted by atomic mass is 31.3. The van der Waals surface area contributed by atoms with E-state index in [1.54, 1.807) is 12.1 Å². The molecule has 31 heavy (non-hydrogen) atoms. The van der Waals surface area contributed by atoms with Crippen molar-refractivity contribution in [3.63, 3.8) is 0 Å². The number of fused-ring (bicyclic) bond motifs is 1. The molecule has 0 aromatic heterocycles. The SMILES string of the molecule is COc1cc2ccccc2cc1C1OC(COP(=O)(O)OP(O)OP(O)O)C(O)C1O. The highest BCUT2D eigenvalue weighted by Gasteiger charge is 2.45. The van der Waals surface area contributed by atoms with Crippen LogP contribution in [0, 0.1) is 0 Å². The number of hydrogen-bond donors (Lipinski definition) is 6.